The van der Waals surface area contributed by atoms with Crippen LogP contribution in [-0.4, -0.2) is 62.4 Å². The molecule has 1 aliphatic heterocycles. The highest BCUT2D eigenvalue weighted by molar-refractivity contribution is 7.87. The van der Waals surface area contributed by atoms with Crippen molar-refractivity contribution in [2.45, 2.75) is 13.5 Å². The second-order valence-corrected chi connectivity index (χ2v) is 8.29. The first-order valence-electron chi connectivity index (χ1n) is 9.49. The Morgan fingerprint density at radius 2 is 1.80 bits per heavy atom. The zero-order valence-corrected chi connectivity index (χ0v) is 17.4. The van der Waals surface area contributed by atoms with E-state index in [0.717, 1.165) is 5.56 Å². The summed E-state index contributed by atoms with van der Waals surface area (Å²) in [7, 11) is -3.68. The van der Waals surface area contributed by atoms with Gasteiger partial charge in [0.25, 0.3) is 16.1 Å². The Morgan fingerprint density at radius 1 is 1.10 bits per heavy atom. The predicted molar refractivity (Wildman–Crippen MR) is 109 cm³/mol. The molecule has 1 aromatic heterocycles. The number of rotatable bonds is 7. The molecule has 2 aromatic rings. The number of hydrogen-bond donors (Lipinski definition) is 2. The fourth-order valence-corrected chi connectivity index (χ4v) is 4.07. The monoisotopic (exact) mass is 436 g/mol. The Kier molecular flexibility index (Phi) is 7.08. The first kappa shape index (κ1) is 21.8. The number of hydrogen-bond acceptors (Lipinski definition) is 6. The second-order valence-electron chi connectivity index (χ2n) is 6.54. The largest absolute Gasteiger partial charge is 0.459 e. The summed E-state index contributed by atoms with van der Waals surface area (Å²) in [5, 5.41) is 2.70. The molecule has 1 aromatic carbocycles. The molecule has 0 spiro atoms. The molecule has 2 N–H and O–H groups in total. The van der Waals surface area contributed by atoms with Gasteiger partial charge in [0.2, 0.25) is 0 Å². The molecule has 3 rings (SSSR count). The molecule has 1 aliphatic rings. The summed E-state index contributed by atoms with van der Waals surface area (Å²) in [6, 6.07) is 9.99. The van der Waals surface area contributed by atoms with Crippen molar-refractivity contribution < 1.29 is 27.2 Å². The summed E-state index contributed by atoms with van der Waals surface area (Å²) in [6.45, 7) is 3.07. The number of anilines is 1. The van der Waals surface area contributed by atoms with Crippen molar-refractivity contribution in [1.29, 1.82) is 0 Å². The third-order valence-electron chi connectivity index (χ3n) is 4.52. The molecule has 2 heterocycles. The van der Waals surface area contributed by atoms with Crippen molar-refractivity contribution in [3.05, 3.63) is 54.0 Å². The van der Waals surface area contributed by atoms with Gasteiger partial charge in [-0.3, -0.25) is 4.79 Å². The summed E-state index contributed by atoms with van der Waals surface area (Å²) in [5.41, 5.74) is 1.30. The minimum absolute atomic E-state index is 0.104. The molecule has 0 atom stereocenters. The summed E-state index contributed by atoms with van der Waals surface area (Å²) >= 11 is 0. The molecule has 0 saturated carbocycles. The lowest BCUT2D eigenvalue weighted by molar-refractivity contribution is 0.0931. The number of amides is 2. The van der Waals surface area contributed by atoms with E-state index in [1.807, 2.05) is 0 Å². The Balaban J connectivity index is 1.49. The number of nitrogens with zero attached hydrogens (tertiary/aromatic N) is 2. The van der Waals surface area contributed by atoms with E-state index in [-0.39, 0.29) is 51.0 Å². The topological polar surface area (TPSA) is 121 Å². The average molecular weight is 436 g/mol. The molecule has 0 bridgehead atoms. The van der Waals surface area contributed by atoms with Gasteiger partial charge < -0.3 is 19.4 Å². The maximum atomic E-state index is 12.5. The molecular weight excluding hydrogens is 412 g/mol. The van der Waals surface area contributed by atoms with Gasteiger partial charge in [-0.15, -0.1) is 0 Å². The number of benzene rings is 1. The Hall–Kier alpha value is -2.89. The smallest absolute Gasteiger partial charge is 0.409 e. The molecular formula is C19H24N4O6S. The van der Waals surface area contributed by atoms with Crippen LogP contribution in [0.3, 0.4) is 0 Å². The fourth-order valence-electron chi connectivity index (χ4n) is 2.90. The molecule has 0 radical (unpaired) electrons. The van der Waals surface area contributed by atoms with Crippen LogP contribution >= 0.6 is 0 Å². The fraction of sp³-hybridized carbons (Fsp3) is 0.368. The number of carbonyl (C=O) groups excluding carboxylic acids is 2. The normalized spacial score (nSPS) is 15.0. The van der Waals surface area contributed by atoms with E-state index in [1.54, 1.807) is 43.3 Å². The maximum absolute atomic E-state index is 12.5. The molecule has 30 heavy (non-hydrogen) atoms. The first-order chi connectivity index (χ1) is 14.4. The van der Waals surface area contributed by atoms with Crippen LogP contribution in [0.4, 0.5) is 10.5 Å². The summed E-state index contributed by atoms with van der Waals surface area (Å²) in [4.78, 5) is 25.2. The standard InChI is InChI=1S/C19H24N4O6S/c1-2-28-19(25)22-9-11-23(12-10-22)30(26,27)20-14-15-5-7-16(8-6-15)21-18(24)17-4-3-13-29-17/h3-8,13,20H,2,9-12,14H2,1H3,(H,21,24). The van der Waals surface area contributed by atoms with Crippen LogP contribution in [0.25, 0.3) is 0 Å². The third-order valence-corrected chi connectivity index (χ3v) is 6.07. The Bertz CT molecular complexity index is 951. The first-order valence-corrected chi connectivity index (χ1v) is 10.9. The van der Waals surface area contributed by atoms with Gasteiger partial charge >= 0.3 is 6.09 Å². The lowest BCUT2D eigenvalue weighted by atomic mass is 10.2. The molecule has 0 aliphatic carbocycles. The van der Waals surface area contributed by atoms with Crippen LogP contribution in [0, 0.1) is 0 Å². The third kappa shape index (κ3) is 5.59. The van der Waals surface area contributed by atoms with Crippen molar-refractivity contribution in [1.82, 2.24) is 13.9 Å². The van der Waals surface area contributed by atoms with Crippen molar-refractivity contribution in [3.8, 4) is 0 Å². The molecule has 1 fully saturated rings. The lowest BCUT2D eigenvalue weighted by Gasteiger charge is -2.33. The number of piperazine rings is 1. The number of furan rings is 1. The number of nitrogens with one attached hydrogen (secondary N) is 2. The molecule has 162 valence electrons. The van der Waals surface area contributed by atoms with E-state index in [4.69, 9.17) is 9.15 Å². The highest BCUT2D eigenvalue weighted by atomic mass is 32.2. The van der Waals surface area contributed by atoms with Crippen LogP contribution in [0.1, 0.15) is 23.0 Å². The van der Waals surface area contributed by atoms with E-state index < -0.39 is 16.3 Å². The quantitative estimate of drug-likeness (QED) is 0.681. The van der Waals surface area contributed by atoms with Crippen LogP contribution in [-0.2, 0) is 21.5 Å². The minimum atomic E-state index is -3.68. The van der Waals surface area contributed by atoms with Gasteiger partial charge in [-0.05, 0) is 36.8 Å². The Morgan fingerprint density at radius 3 is 2.40 bits per heavy atom. The predicted octanol–water partition coefficient (Wildman–Crippen LogP) is 1.64. The highest BCUT2D eigenvalue weighted by Gasteiger charge is 2.29. The Labute approximate surface area is 175 Å². The van der Waals surface area contributed by atoms with Crippen LogP contribution in [0.15, 0.2) is 47.1 Å². The molecule has 0 unspecified atom stereocenters. The summed E-state index contributed by atoms with van der Waals surface area (Å²) < 4.78 is 38.9. The van der Waals surface area contributed by atoms with Gasteiger partial charge in [-0.2, -0.15) is 17.4 Å². The van der Waals surface area contributed by atoms with Crippen molar-refractivity contribution >= 4 is 27.9 Å². The second kappa shape index (κ2) is 9.74. The van der Waals surface area contributed by atoms with Crippen LogP contribution in [0.2, 0.25) is 0 Å². The van der Waals surface area contributed by atoms with Gasteiger partial charge in [0.15, 0.2) is 5.76 Å². The van der Waals surface area contributed by atoms with Gasteiger partial charge in [0.05, 0.1) is 12.9 Å². The zero-order chi connectivity index (χ0) is 21.6. The van der Waals surface area contributed by atoms with Crippen LogP contribution in [0.5, 0.6) is 0 Å². The zero-order valence-electron chi connectivity index (χ0n) is 16.5. The summed E-state index contributed by atoms with van der Waals surface area (Å²) in [5.74, 6) is -0.162. The van der Waals surface area contributed by atoms with Gasteiger partial charge in [-0.1, -0.05) is 12.1 Å². The van der Waals surface area contributed by atoms with E-state index in [1.165, 1.54) is 15.5 Å². The molecule has 2 amide bonds. The number of ether oxygens (including phenoxy) is 1. The lowest BCUT2D eigenvalue weighted by Crippen LogP contribution is -2.53. The average Bonchev–Trinajstić information content (AvgIpc) is 3.29. The minimum Gasteiger partial charge on any atom is -0.459 e. The maximum Gasteiger partial charge on any atom is 0.409 e. The summed E-state index contributed by atoms with van der Waals surface area (Å²) in [6.07, 6.45) is 0.989. The van der Waals surface area contributed by atoms with Crippen LogP contribution < -0.4 is 10.0 Å². The highest BCUT2D eigenvalue weighted by Crippen LogP contribution is 2.13. The number of carbonyl (C=O) groups is 2. The van der Waals surface area contributed by atoms with E-state index in [0.29, 0.717) is 5.69 Å². The van der Waals surface area contributed by atoms with E-state index in [9.17, 15) is 18.0 Å². The molecule has 10 nitrogen and oxygen atoms in total. The van der Waals surface area contributed by atoms with Gasteiger partial charge in [-0.25, -0.2) is 4.79 Å². The molecule has 11 heteroatoms. The van der Waals surface area contributed by atoms with Gasteiger partial charge in [0.1, 0.15) is 0 Å². The van der Waals surface area contributed by atoms with E-state index >= 15 is 0 Å². The van der Waals surface area contributed by atoms with Gasteiger partial charge in [0, 0.05) is 38.4 Å². The molecule has 1 saturated heterocycles. The van der Waals surface area contributed by atoms with E-state index in [2.05, 4.69) is 10.0 Å². The van der Waals surface area contributed by atoms with Crippen molar-refractivity contribution in [3.63, 3.8) is 0 Å². The SMILES string of the molecule is CCOC(=O)N1CCN(S(=O)(=O)NCc2ccc(NC(=O)c3ccco3)cc2)CC1. The van der Waals surface area contributed by atoms with Crippen molar-refractivity contribution in [2.75, 3.05) is 38.1 Å². The van der Waals surface area contributed by atoms with Crippen molar-refractivity contribution in [2.24, 2.45) is 0 Å².